The number of likely N-dealkylation sites (tertiary alicyclic amines) is 1. The van der Waals surface area contributed by atoms with E-state index < -0.39 is 6.09 Å². The molecule has 0 unspecified atom stereocenters. The van der Waals surface area contributed by atoms with Crippen molar-refractivity contribution < 1.29 is 14.7 Å². The molecule has 1 aliphatic heterocycles. The number of amides is 1. The van der Waals surface area contributed by atoms with Gasteiger partial charge in [-0.1, -0.05) is 0 Å². The molecule has 3 heterocycles. The Balaban J connectivity index is 1.58. The van der Waals surface area contributed by atoms with Gasteiger partial charge in [0.2, 0.25) is 5.91 Å². The monoisotopic (exact) mass is 328 g/mol. The van der Waals surface area contributed by atoms with Crippen LogP contribution in [0.5, 0.6) is 0 Å². The van der Waals surface area contributed by atoms with Gasteiger partial charge in [0.15, 0.2) is 0 Å². The Morgan fingerprint density at radius 3 is 2.83 bits per heavy atom. The predicted molar refractivity (Wildman–Crippen MR) is 89.3 cm³/mol. The van der Waals surface area contributed by atoms with Gasteiger partial charge in [-0.15, -0.1) is 0 Å². The van der Waals surface area contributed by atoms with Crippen molar-refractivity contribution in [1.82, 2.24) is 14.5 Å². The largest absolute Gasteiger partial charge is 0.465 e. The lowest BCUT2D eigenvalue weighted by Gasteiger charge is -2.31. The summed E-state index contributed by atoms with van der Waals surface area (Å²) in [6.45, 7) is 1.06. The van der Waals surface area contributed by atoms with Crippen LogP contribution in [0.25, 0.3) is 11.0 Å². The van der Waals surface area contributed by atoms with E-state index in [1.165, 1.54) is 4.90 Å². The molecule has 7 heteroatoms. The van der Waals surface area contributed by atoms with Crippen molar-refractivity contribution in [3.63, 3.8) is 0 Å². The summed E-state index contributed by atoms with van der Waals surface area (Å²) in [7, 11) is 0. The Kier molecular flexibility index (Phi) is 3.63. The fraction of sp³-hybridized carbons (Fsp3) is 0.471. The average Bonchev–Trinajstić information content (AvgIpc) is 3.34. The van der Waals surface area contributed by atoms with Gasteiger partial charge in [0.05, 0.1) is 0 Å². The van der Waals surface area contributed by atoms with Crippen LogP contribution in [0.15, 0.2) is 24.5 Å². The standard InChI is InChI=1S/C17H20N4O3/c22-16(11-3-4-11)21-9-6-13-14(5-7-18-15(13)21)19-12-2-1-8-20(10-12)17(23)24/h5-7,9,11-12H,1-4,8,10H2,(H,18,19)(H,23,24)/t12-/m1/s1. The maximum Gasteiger partial charge on any atom is 0.407 e. The van der Waals surface area contributed by atoms with E-state index in [1.807, 2.05) is 12.1 Å². The Labute approximate surface area is 139 Å². The first-order chi connectivity index (χ1) is 11.6. The Morgan fingerprint density at radius 1 is 1.25 bits per heavy atom. The quantitative estimate of drug-likeness (QED) is 0.904. The summed E-state index contributed by atoms with van der Waals surface area (Å²) in [5, 5.41) is 13.5. The summed E-state index contributed by atoms with van der Waals surface area (Å²) in [5.74, 6) is 0.255. The number of piperidine rings is 1. The number of carbonyl (C=O) groups excluding carboxylic acids is 1. The number of fused-ring (bicyclic) bond motifs is 1. The van der Waals surface area contributed by atoms with Crippen LogP contribution in [0.2, 0.25) is 0 Å². The summed E-state index contributed by atoms with van der Waals surface area (Å²) in [6, 6.07) is 3.86. The van der Waals surface area contributed by atoms with Gasteiger partial charge in [-0.25, -0.2) is 9.78 Å². The molecule has 2 aliphatic rings. The first-order valence-electron chi connectivity index (χ1n) is 8.38. The summed E-state index contributed by atoms with van der Waals surface area (Å²) < 4.78 is 1.64. The maximum atomic E-state index is 12.3. The van der Waals surface area contributed by atoms with Crippen LogP contribution in [0.1, 0.15) is 30.5 Å². The van der Waals surface area contributed by atoms with Crippen LogP contribution in [0.4, 0.5) is 10.5 Å². The minimum absolute atomic E-state index is 0.0722. The van der Waals surface area contributed by atoms with E-state index in [1.54, 1.807) is 17.0 Å². The van der Waals surface area contributed by atoms with Gasteiger partial charge in [0.1, 0.15) is 5.65 Å². The molecule has 0 spiro atoms. The first-order valence-corrected chi connectivity index (χ1v) is 8.38. The molecular weight excluding hydrogens is 308 g/mol. The van der Waals surface area contributed by atoms with Crippen molar-refractivity contribution >= 4 is 28.7 Å². The smallest absolute Gasteiger partial charge is 0.407 e. The number of hydrogen-bond donors (Lipinski definition) is 2. The second kappa shape index (κ2) is 5.81. The molecule has 126 valence electrons. The molecule has 24 heavy (non-hydrogen) atoms. The molecule has 0 aromatic carbocycles. The van der Waals surface area contributed by atoms with Crippen LogP contribution in [0, 0.1) is 5.92 Å². The number of aromatic nitrogens is 2. The fourth-order valence-corrected chi connectivity index (χ4v) is 3.36. The third-order valence-corrected chi connectivity index (χ3v) is 4.80. The van der Waals surface area contributed by atoms with E-state index in [4.69, 9.17) is 5.11 Å². The number of rotatable bonds is 3. The second-order valence-electron chi connectivity index (χ2n) is 6.61. The van der Waals surface area contributed by atoms with Gasteiger partial charge in [-0.3, -0.25) is 9.36 Å². The predicted octanol–water partition coefficient (Wildman–Crippen LogP) is 2.64. The van der Waals surface area contributed by atoms with E-state index in [-0.39, 0.29) is 17.9 Å². The fourth-order valence-electron chi connectivity index (χ4n) is 3.36. The minimum Gasteiger partial charge on any atom is -0.465 e. The highest BCUT2D eigenvalue weighted by Gasteiger charge is 2.32. The lowest BCUT2D eigenvalue weighted by molar-refractivity contribution is 0.0891. The summed E-state index contributed by atoms with van der Waals surface area (Å²) in [5.41, 5.74) is 1.57. The molecule has 1 aliphatic carbocycles. The lowest BCUT2D eigenvalue weighted by Crippen LogP contribution is -2.44. The van der Waals surface area contributed by atoms with E-state index in [2.05, 4.69) is 10.3 Å². The third-order valence-electron chi connectivity index (χ3n) is 4.80. The number of nitrogens with one attached hydrogen (secondary N) is 1. The molecule has 2 aromatic heterocycles. The molecule has 1 amide bonds. The zero-order valence-electron chi connectivity index (χ0n) is 13.3. The van der Waals surface area contributed by atoms with E-state index in [0.29, 0.717) is 18.7 Å². The van der Waals surface area contributed by atoms with Gasteiger partial charge in [-0.05, 0) is 37.8 Å². The second-order valence-corrected chi connectivity index (χ2v) is 6.61. The van der Waals surface area contributed by atoms with Crippen molar-refractivity contribution in [3.8, 4) is 0 Å². The highest BCUT2D eigenvalue weighted by Crippen LogP contribution is 2.33. The minimum atomic E-state index is -0.873. The highest BCUT2D eigenvalue weighted by atomic mass is 16.4. The van der Waals surface area contributed by atoms with E-state index in [9.17, 15) is 9.59 Å². The number of anilines is 1. The topological polar surface area (TPSA) is 87.5 Å². The molecule has 4 rings (SSSR count). The van der Waals surface area contributed by atoms with Crippen molar-refractivity contribution in [2.45, 2.75) is 31.7 Å². The molecule has 0 bridgehead atoms. The van der Waals surface area contributed by atoms with Gasteiger partial charge >= 0.3 is 6.09 Å². The lowest BCUT2D eigenvalue weighted by atomic mass is 10.1. The zero-order valence-corrected chi connectivity index (χ0v) is 13.3. The van der Waals surface area contributed by atoms with Crippen molar-refractivity contribution in [3.05, 3.63) is 24.5 Å². The van der Waals surface area contributed by atoms with Gasteiger partial charge in [-0.2, -0.15) is 0 Å². The van der Waals surface area contributed by atoms with Crippen LogP contribution >= 0.6 is 0 Å². The molecule has 2 aromatic rings. The van der Waals surface area contributed by atoms with Crippen molar-refractivity contribution in [1.29, 1.82) is 0 Å². The zero-order chi connectivity index (χ0) is 16.7. The molecule has 1 saturated heterocycles. The number of hydrogen-bond acceptors (Lipinski definition) is 4. The van der Waals surface area contributed by atoms with Gasteiger partial charge in [0.25, 0.3) is 0 Å². The summed E-state index contributed by atoms with van der Waals surface area (Å²) in [4.78, 5) is 29.3. The first kappa shape index (κ1) is 15.0. The van der Waals surface area contributed by atoms with Crippen LogP contribution < -0.4 is 5.32 Å². The van der Waals surface area contributed by atoms with Crippen LogP contribution in [-0.4, -0.2) is 50.7 Å². The summed E-state index contributed by atoms with van der Waals surface area (Å²) in [6.07, 6.45) is 6.30. The Hall–Kier alpha value is -2.57. The number of nitrogens with zero attached hydrogens (tertiary/aromatic N) is 3. The molecule has 0 radical (unpaired) electrons. The summed E-state index contributed by atoms with van der Waals surface area (Å²) >= 11 is 0. The molecule has 1 saturated carbocycles. The van der Waals surface area contributed by atoms with Gasteiger partial charge < -0.3 is 15.3 Å². The molecule has 1 atom stereocenters. The Bertz CT molecular complexity index is 796. The highest BCUT2D eigenvalue weighted by molar-refractivity contribution is 5.97. The molecular formula is C17H20N4O3. The third kappa shape index (κ3) is 2.70. The number of carboxylic acid groups (broad SMARTS) is 1. The van der Waals surface area contributed by atoms with E-state index >= 15 is 0 Å². The SMILES string of the molecule is O=C(O)N1CCC[C@@H](Nc2ccnc3c2ccn3C(=O)C2CC2)C1. The molecule has 7 nitrogen and oxygen atoms in total. The van der Waals surface area contributed by atoms with E-state index in [0.717, 1.165) is 36.8 Å². The normalized spacial score (nSPS) is 21.0. The Morgan fingerprint density at radius 2 is 2.08 bits per heavy atom. The molecule has 2 N–H and O–H groups in total. The van der Waals surface area contributed by atoms with Crippen molar-refractivity contribution in [2.24, 2.45) is 5.92 Å². The van der Waals surface area contributed by atoms with Gasteiger partial charge in [0, 0.05) is 48.5 Å². The maximum absolute atomic E-state index is 12.3. The van der Waals surface area contributed by atoms with Crippen LogP contribution in [-0.2, 0) is 0 Å². The van der Waals surface area contributed by atoms with Crippen molar-refractivity contribution in [2.75, 3.05) is 18.4 Å². The van der Waals surface area contributed by atoms with Crippen LogP contribution in [0.3, 0.4) is 0 Å². The average molecular weight is 328 g/mol. The number of pyridine rings is 1. The molecule has 2 fully saturated rings. The number of carbonyl (C=O) groups is 2.